The van der Waals surface area contributed by atoms with Crippen LogP contribution in [0.25, 0.3) is 0 Å². The number of nitrogens with zero attached hydrogens (tertiary/aromatic N) is 1. The number of carbonyl (C=O) groups excluding carboxylic acids is 2. The first-order valence-corrected chi connectivity index (χ1v) is 8.09. The zero-order chi connectivity index (χ0) is 18.3. The Morgan fingerprint density at radius 1 is 1.21 bits per heavy atom. The topological polar surface area (TPSA) is 78.9 Å². The summed E-state index contributed by atoms with van der Waals surface area (Å²) in [5.74, 6) is -0.273. The highest BCUT2D eigenvalue weighted by Crippen LogP contribution is 2.09. The Morgan fingerprint density at radius 3 is 2.29 bits per heavy atom. The standard InChI is InChI=1S/C18H28N2O4/c1-13(21)11-20(12-15-9-7-6-8-10-15)16(22)14(2)19-17(23)24-18(3,4)5/h6-10,13-14,21H,11-12H2,1-5H3,(H,19,23). The summed E-state index contributed by atoms with van der Waals surface area (Å²) in [4.78, 5) is 26.0. The molecule has 6 nitrogen and oxygen atoms in total. The molecule has 0 fully saturated rings. The van der Waals surface area contributed by atoms with E-state index in [9.17, 15) is 14.7 Å². The van der Waals surface area contributed by atoms with Crippen LogP contribution in [0.2, 0.25) is 0 Å². The van der Waals surface area contributed by atoms with Crippen LogP contribution in [0, 0.1) is 0 Å². The number of amides is 2. The lowest BCUT2D eigenvalue weighted by molar-refractivity contribution is -0.135. The van der Waals surface area contributed by atoms with Crippen LogP contribution in [-0.2, 0) is 16.1 Å². The number of alkyl carbamates (subject to hydrolysis) is 1. The van der Waals surface area contributed by atoms with Crippen LogP contribution < -0.4 is 5.32 Å². The molecule has 2 amide bonds. The summed E-state index contributed by atoms with van der Waals surface area (Å²) in [6.07, 6.45) is -1.30. The SMILES string of the molecule is CC(O)CN(Cc1ccccc1)C(=O)C(C)NC(=O)OC(C)(C)C. The van der Waals surface area contributed by atoms with Gasteiger partial charge in [-0.05, 0) is 40.2 Å². The quantitative estimate of drug-likeness (QED) is 0.835. The predicted octanol–water partition coefficient (Wildman–Crippen LogP) is 2.31. The normalized spacial score (nSPS) is 13.8. The minimum atomic E-state index is -0.748. The summed E-state index contributed by atoms with van der Waals surface area (Å²) in [5, 5.41) is 12.2. The molecule has 1 aromatic rings. The molecule has 24 heavy (non-hydrogen) atoms. The molecule has 1 aromatic carbocycles. The molecule has 6 heteroatoms. The number of aliphatic hydroxyl groups excluding tert-OH is 1. The molecule has 0 aliphatic heterocycles. The molecule has 0 bridgehead atoms. The number of rotatable bonds is 6. The first-order chi connectivity index (χ1) is 11.1. The van der Waals surface area contributed by atoms with Crippen molar-refractivity contribution < 1.29 is 19.4 Å². The van der Waals surface area contributed by atoms with Crippen LogP contribution in [0.3, 0.4) is 0 Å². The highest BCUT2D eigenvalue weighted by molar-refractivity contribution is 5.85. The van der Waals surface area contributed by atoms with Crippen molar-refractivity contribution in [3.05, 3.63) is 35.9 Å². The zero-order valence-electron chi connectivity index (χ0n) is 15.1. The molecule has 0 aliphatic carbocycles. The Bertz CT molecular complexity index is 538. The van der Waals surface area contributed by atoms with Crippen LogP contribution in [0.15, 0.2) is 30.3 Å². The predicted molar refractivity (Wildman–Crippen MR) is 92.4 cm³/mol. The minimum absolute atomic E-state index is 0.189. The van der Waals surface area contributed by atoms with Crippen molar-refractivity contribution in [1.82, 2.24) is 10.2 Å². The number of hydrogen-bond donors (Lipinski definition) is 2. The molecule has 0 aromatic heterocycles. The fraction of sp³-hybridized carbons (Fsp3) is 0.556. The van der Waals surface area contributed by atoms with E-state index in [1.807, 2.05) is 30.3 Å². The first kappa shape index (κ1) is 20.0. The number of ether oxygens (including phenoxy) is 1. The molecule has 2 unspecified atom stereocenters. The van der Waals surface area contributed by atoms with E-state index >= 15 is 0 Å². The van der Waals surface area contributed by atoms with Gasteiger partial charge >= 0.3 is 6.09 Å². The first-order valence-electron chi connectivity index (χ1n) is 8.09. The van der Waals surface area contributed by atoms with Gasteiger partial charge in [-0.1, -0.05) is 30.3 Å². The van der Waals surface area contributed by atoms with Gasteiger partial charge < -0.3 is 20.1 Å². The third-order valence-corrected chi connectivity index (χ3v) is 3.12. The van der Waals surface area contributed by atoms with Crippen molar-refractivity contribution in [3.63, 3.8) is 0 Å². The average Bonchev–Trinajstić information content (AvgIpc) is 2.44. The number of nitrogens with one attached hydrogen (secondary N) is 1. The smallest absolute Gasteiger partial charge is 0.408 e. The van der Waals surface area contributed by atoms with Crippen molar-refractivity contribution in [2.24, 2.45) is 0 Å². The van der Waals surface area contributed by atoms with Crippen LogP contribution in [0.5, 0.6) is 0 Å². The van der Waals surface area contributed by atoms with Gasteiger partial charge in [-0.2, -0.15) is 0 Å². The second-order valence-electron chi connectivity index (χ2n) is 6.92. The number of hydrogen-bond acceptors (Lipinski definition) is 4. The molecule has 0 spiro atoms. The number of carbonyl (C=O) groups is 2. The molecule has 2 atom stereocenters. The summed E-state index contributed by atoms with van der Waals surface area (Å²) in [7, 11) is 0. The molecule has 0 radical (unpaired) electrons. The van der Waals surface area contributed by atoms with Gasteiger partial charge in [0.05, 0.1) is 6.10 Å². The summed E-state index contributed by atoms with van der Waals surface area (Å²) >= 11 is 0. The summed E-state index contributed by atoms with van der Waals surface area (Å²) in [5.41, 5.74) is 0.326. The van der Waals surface area contributed by atoms with Gasteiger partial charge in [-0.15, -0.1) is 0 Å². The highest BCUT2D eigenvalue weighted by Gasteiger charge is 2.25. The molecule has 0 saturated carbocycles. The third-order valence-electron chi connectivity index (χ3n) is 3.12. The van der Waals surface area contributed by atoms with E-state index in [-0.39, 0.29) is 12.5 Å². The summed E-state index contributed by atoms with van der Waals surface area (Å²) in [6.45, 7) is 9.05. The second-order valence-corrected chi connectivity index (χ2v) is 6.92. The van der Waals surface area contributed by atoms with E-state index in [0.717, 1.165) is 5.56 Å². The monoisotopic (exact) mass is 336 g/mol. The van der Waals surface area contributed by atoms with Crippen LogP contribution in [0.4, 0.5) is 4.79 Å². The Morgan fingerprint density at radius 2 is 1.79 bits per heavy atom. The van der Waals surface area contributed by atoms with Crippen LogP contribution in [-0.4, -0.2) is 46.3 Å². The van der Waals surface area contributed by atoms with E-state index in [2.05, 4.69) is 5.32 Å². The number of benzene rings is 1. The van der Waals surface area contributed by atoms with Gasteiger partial charge in [-0.3, -0.25) is 4.79 Å². The Balaban J connectivity index is 2.74. The molecule has 134 valence electrons. The summed E-state index contributed by atoms with van der Waals surface area (Å²) in [6, 6.07) is 8.76. The van der Waals surface area contributed by atoms with Crippen molar-refractivity contribution in [2.45, 2.75) is 58.9 Å². The number of aliphatic hydroxyl groups is 1. The zero-order valence-corrected chi connectivity index (χ0v) is 15.1. The van der Waals surface area contributed by atoms with Crippen molar-refractivity contribution in [3.8, 4) is 0 Å². The molecular weight excluding hydrogens is 308 g/mol. The highest BCUT2D eigenvalue weighted by atomic mass is 16.6. The lowest BCUT2D eigenvalue weighted by Gasteiger charge is -2.28. The molecular formula is C18H28N2O4. The lowest BCUT2D eigenvalue weighted by atomic mass is 10.2. The maximum atomic E-state index is 12.6. The van der Waals surface area contributed by atoms with E-state index in [1.165, 1.54) is 4.90 Å². The second kappa shape index (κ2) is 8.68. The van der Waals surface area contributed by atoms with Crippen LogP contribution >= 0.6 is 0 Å². The molecule has 0 aliphatic rings. The average molecular weight is 336 g/mol. The Hall–Kier alpha value is -2.08. The molecule has 0 heterocycles. The third kappa shape index (κ3) is 7.46. The maximum Gasteiger partial charge on any atom is 0.408 e. The molecule has 0 saturated heterocycles. The van der Waals surface area contributed by atoms with E-state index in [0.29, 0.717) is 6.54 Å². The fourth-order valence-corrected chi connectivity index (χ4v) is 2.18. The van der Waals surface area contributed by atoms with Gasteiger partial charge in [0, 0.05) is 13.1 Å². The molecule has 2 N–H and O–H groups in total. The van der Waals surface area contributed by atoms with E-state index < -0.39 is 23.8 Å². The van der Waals surface area contributed by atoms with Crippen molar-refractivity contribution in [2.75, 3.05) is 6.54 Å². The Kier molecular flexibility index (Phi) is 7.22. The van der Waals surface area contributed by atoms with E-state index in [4.69, 9.17) is 4.74 Å². The minimum Gasteiger partial charge on any atom is -0.444 e. The van der Waals surface area contributed by atoms with Gasteiger partial charge in [0.1, 0.15) is 11.6 Å². The van der Waals surface area contributed by atoms with Gasteiger partial charge in [0.15, 0.2) is 0 Å². The lowest BCUT2D eigenvalue weighted by Crippen LogP contribution is -2.49. The maximum absolute atomic E-state index is 12.6. The van der Waals surface area contributed by atoms with Crippen LogP contribution in [0.1, 0.15) is 40.2 Å². The van der Waals surface area contributed by atoms with Gasteiger partial charge in [0.25, 0.3) is 0 Å². The van der Waals surface area contributed by atoms with Crippen molar-refractivity contribution >= 4 is 12.0 Å². The van der Waals surface area contributed by atoms with Gasteiger partial charge in [-0.25, -0.2) is 4.79 Å². The molecule has 1 rings (SSSR count). The van der Waals surface area contributed by atoms with E-state index in [1.54, 1.807) is 34.6 Å². The summed E-state index contributed by atoms with van der Waals surface area (Å²) < 4.78 is 5.17. The Labute approximate surface area is 143 Å². The van der Waals surface area contributed by atoms with Crippen molar-refractivity contribution in [1.29, 1.82) is 0 Å². The fourth-order valence-electron chi connectivity index (χ4n) is 2.18. The van der Waals surface area contributed by atoms with Gasteiger partial charge in [0.2, 0.25) is 5.91 Å². The largest absolute Gasteiger partial charge is 0.444 e.